The van der Waals surface area contributed by atoms with Crippen molar-refractivity contribution in [1.82, 2.24) is 19.1 Å². The monoisotopic (exact) mass is 520 g/mol. The molecular weight excluding hydrogens is 501 g/mol. The van der Waals surface area contributed by atoms with Gasteiger partial charge in [0.1, 0.15) is 5.75 Å². The standard InChI is InChI=1S/C24H20ClF3N4O4/c1-12(15-6-5-14(9-16(15)25)36-20-11-29-17(10-30-20)22(33)34)21(24(26,27)28)13-4-7-18-19(8-13)32(3)23(35)31(18)2/h4-12,21H,1-3H3,(H,33,34). The molecule has 12 heteroatoms. The zero-order valence-corrected chi connectivity index (χ0v) is 20.0. The molecule has 0 radical (unpaired) electrons. The second kappa shape index (κ2) is 9.30. The molecule has 0 bridgehead atoms. The zero-order valence-electron chi connectivity index (χ0n) is 19.2. The van der Waals surface area contributed by atoms with E-state index in [4.69, 9.17) is 21.4 Å². The van der Waals surface area contributed by atoms with E-state index in [1.165, 1.54) is 59.5 Å². The number of fused-ring (bicyclic) bond motifs is 1. The summed E-state index contributed by atoms with van der Waals surface area (Å²) >= 11 is 6.37. The molecule has 4 aromatic rings. The minimum Gasteiger partial charge on any atom is -0.476 e. The Balaban J connectivity index is 1.66. The van der Waals surface area contributed by atoms with Gasteiger partial charge < -0.3 is 9.84 Å². The number of hydrogen-bond acceptors (Lipinski definition) is 5. The third kappa shape index (κ3) is 4.66. The van der Waals surface area contributed by atoms with E-state index in [0.717, 1.165) is 12.4 Å². The summed E-state index contributed by atoms with van der Waals surface area (Å²) in [5.41, 5.74) is 0.580. The summed E-state index contributed by atoms with van der Waals surface area (Å²) in [4.78, 5) is 30.6. The van der Waals surface area contributed by atoms with Crippen LogP contribution in [-0.4, -0.2) is 36.4 Å². The molecule has 2 heterocycles. The van der Waals surface area contributed by atoms with Gasteiger partial charge in [-0.15, -0.1) is 0 Å². The first-order valence-corrected chi connectivity index (χ1v) is 11.0. The summed E-state index contributed by atoms with van der Waals surface area (Å²) in [6, 6.07) is 8.51. The van der Waals surface area contributed by atoms with E-state index < -0.39 is 24.0 Å². The number of aromatic carboxylic acids is 1. The number of ether oxygens (including phenoxy) is 1. The summed E-state index contributed by atoms with van der Waals surface area (Å²) in [5, 5.41) is 8.94. The Hall–Kier alpha value is -3.86. The number of carbonyl (C=O) groups is 1. The Bertz CT molecular complexity index is 1510. The van der Waals surface area contributed by atoms with Crippen molar-refractivity contribution >= 4 is 28.6 Å². The quantitative estimate of drug-likeness (QED) is 0.372. The van der Waals surface area contributed by atoms with E-state index >= 15 is 0 Å². The lowest BCUT2D eigenvalue weighted by Crippen LogP contribution is -2.26. The Morgan fingerprint density at radius 3 is 2.33 bits per heavy atom. The van der Waals surface area contributed by atoms with Gasteiger partial charge in [0.25, 0.3) is 0 Å². The van der Waals surface area contributed by atoms with Gasteiger partial charge in [-0.3, -0.25) is 9.13 Å². The van der Waals surface area contributed by atoms with Crippen LogP contribution in [0.1, 0.15) is 40.4 Å². The molecule has 0 saturated carbocycles. The van der Waals surface area contributed by atoms with E-state index in [9.17, 15) is 22.8 Å². The smallest absolute Gasteiger partial charge is 0.396 e. The summed E-state index contributed by atoms with van der Waals surface area (Å²) in [6.07, 6.45) is -2.47. The number of aromatic nitrogens is 4. The van der Waals surface area contributed by atoms with Gasteiger partial charge in [0.05, 0.1) is 29.3 Å². The molecular formula is C24H20ClF3N4O4. The highest BCUT2D eigenvalue weighted by molar-refractivity contribution is 6.31. The number of carboxylic acids is 1. The molecule has 0 saturated heterocycles. The summed E-state index contributed by atoms with van der Waals surface area (Å²) < 4.78 is 51.1. The third-order valence-corrected chi connectivity index (χ3v) is 6.37. The zero-order chi connectivity index (χ0) is 26.4. The van der Waals surface area contributed by atoms with Crippen molar-refractivity contribution in [3.63, 3.8) is 0 Å². The van der Waals surface area contributed by atoms with E-state index in [1.54, 1.807) is 7.05 Å². The summed E-state index contributed by atoms with van der Waals surface area (Å²) in [7, 11) is 3.07. The summed E-state index contributed by atoms with van der Waals surface area (Å²) in [5.74, 6) is -4.03. The fraction of sp³-hybridized carbons (Fsp3) is 0.250. The highest BCUT2D eigenvalue weighted by atomic mass is 35.5. The van der Waals surface area contributed by atoms with E-state index in [-0.39, 0.29) is 39.2 Å². The van der Waals surface area contributed by atoms with E-state index in [1.807, 2.05) is 0 Å². The topological polar surface area (TPSA) is 99.2 Å². The molecule has 0 aliphatic rings. The molecule has 8 nitrogen and oxygen atoms in total. The number of alkyl halides is 3. The molecule has 4 rings (SSSR count). The molecule has 2 aromatic carbocycles. The maximum atomic E-state index is 14.3. The Kier molecular flexibility index (Phi) is 6.52. The second-order valence-corrected chi connectivity index (χ2v) is 8.69. The largest absolute Gasteiger partial charge is 0.476 e. The molecule has 0 aliphatic carbocycles. The minimum atomic E-state index is -4.60. The fourth-order valence-electron chi connectivity index (χ4n) is 4.20. The Labute approximate surface area is 207 Å². The molecule has 0 aliphatic heterocycles. The average Bonchev–Trinajstić information content (AvgIpc) is 3.02. The Morgan fingerprint density at radius 2 is 1.75 bits per heavy atom. The molecule has 36 heavy (non-hydrogen) atoms. The minimum absolute atomic E-state index is 0.00758. The second-order valence-electron chi connectivity index (χ2n) is 8.29. The first kappa shape index (κ1) is 25.2. The number of rotatable bonds is 6. The molecule has 1 N–H and O–H groups in total. The van der Waals surface area contributed by atoms with Crippen LogP contribution in [0.4, 0.5) is 13.2 Å². The van der Waals surface area contributed by atoms with Crippen molar-refractivity contribution in [2.75, 3.05) is 0 Å². The SMILES string of the molecule is CC(c1ccc(Oc2cnc(C(=O)O)cn2)cc1Cl)C(c1ccc2c(c1)n(C)c(=O)n2C)C(F)(F)F. The van der Waals surface area contributed by atoms with Gasteiger partial charge in [0, 0.05) is 19.1 Å². The van der Waals surface area contributed by atoms with E-state index in [2.05, 4.69) is 9.97 Å². The molecule has 0 fully saturated rings. The van der Waals surface area contributed by atoms with Gasteiger partial charge in [-0.05, 0) is 41.3 Å². The number of carboxylic acid groups (broad SMARTS) is 1. The van der Waals surface area contributed by atoms with Crippen LogP contribution in [0, 0.1) is 0 Å². The number of hydrogen-bond donors (Lipinski definition) is 1. The number of halogens is 4. The first-order valence-electron chi connectivity index (χ1n) is 10.6. The summed E-state index contributed by atoms with van der Waals surface area (Å²) in [6.45, 7) is 1.43. The van der Waals surface area contributed by atoms with Gasteiger partial charge >= 0.3 is 17.8 Å². The van der Waals surface area contributed by atoms with E-state index in [0.29, 0.717) is 11.0 Å². The van der Waals surface area contributed by atoms with Gasteiger partial charge in [-0.1, -0.05) is 30.7 Å². The number of nitrogens with zero attached hydrogens (tertiary/aromatic N) is 4. The predicted octanol–water partition coefficient (Wildman–Crippen LogP) is 5.26. The van der Waals surface area contributed by atoms with Crippen molar-refractivity contribution in [3.8, 4) is 11.6 Å². The van der Waals surface area contributed by atoms with Gasteiger partial charge in [0.2, 0.25) is 5.88 Å². The lowest BCUT2D eigenvalue weighted by molar-refractivity contribution is -0.154. The Morgan fingerprint density at radius 1 is 1.06 bits per heavy atom. The normalized spacial score (nSPS) is 13.5. The molecule has 2 unspecified atom stereocenters. The number of imidazole rings is 1. The van der Waals surface area contributed by atoms with Crippen LogP contribution in [0.15, 0.2) is 53.6 Å². The van der Waals surface area contributed by atoms with Crippen LogP contribution in [0.2, 0.25) is 5.02 Å². The van der Waals surface area contributed by atoms with Crippen molar-refractivity contribution in [1.29, 1.82) is 0 Å². The van der Waals surface area contributed by atoms with Crippen LogP contribution < -0.4 is 10.4 Å². The van der Waals surface area contributed by atoms with Crippen LogP contribution >= 0.6 is 11.6 Å². The van der Waals surface area contributed by atoms with Crippen LogP contribution in [0.3, 0.4) is 0 Å². The molecule has 0 spiro atoms. The van der Waals surface area contributed by atoms with Gasteiger partial charge in [-0.25, -0.2) is 19.6 Å². The highest BCUT2D eigenvalue weighted by Gasteiger charge is 2.45. The van der Waals surface area contributed by atoms with Crippen molar-refractivity contribution < 1.29 is 27.8 Å². The highest BCUT2D eigenvalue weighted by Crippen LogP contribution is 2.47. The molecule has 2 atom stereocenters. The molecule has 188 valence electrons. The maximum Gasteiger partial charge on any atom is 0.396 e. The first-order chi connectivity index (χ1) is 16.9. The van der Waals surface area contributed by atoms with Crippen molar-refractivity contribution in [2.45, 2.75) is 24.9 Å². The van der Waals surface area contributed by atoms with Crippen LogP contribution in [-0.2, 0) is 14.1 Å². The van der Waals surface area contributed by atoms with Crippen LogP contribution in [0.5, 0.6) is 11.6 Å². The lowest BCUT2D eigenvalue weighted by atomic mass is 9.82. The predicted molar refractivity (Wildman–Crippen MR) is 126 cm³/mol. The number of benzene rings is 2. The molecule has 2 aromatic heterocycles. The average molecular weight is 521 g/mol. The number of aryl methyl sites for hydroxylation is 2. The third-order valence-electron chi connectivity index (χ3n) is 6.04. The maximum absolute atomic E-state index is 14.3. The fourth-order valence-corrected chi connectivity index (χ4v) is 4.54. The molecule has 0 amide bonds. The van der Waals surface area contributed by atoms with Crippen molar-refractivity contribution in [3.05, 3.63) is 81.1 Å². The van der Waals surface area contributed by atoms with Gasteiger partial charge in [-0.2, -0.15) is 13.2 Å². The van der Waals surface area contributed by atoms with Crippen molar-refractivity contribution in [2.24, 2.45) is 14.1 Å². The van der Waals surface area contributed by atoms with Crippen LogP contribution in [0.25, 0.3) is 11.0 Å². The van der Waals surface area contributed by atoms with Gasteiger partial charge in [0.15, 0.2) is 5.69 Å². The lowest BCUT2D eigenvalue weighted by Gasteiger charge is -2.28.